The normalized spacial score (nSPS) is 50.1. The van der Waals surface area contributed by atoms with Crippen LogP contribution >= 0.6 is 0 Å². The fourth-order valence-corrected chi connectivity index (χ4v) is 17.4. The summed E-state index contributed by atoms with van der Waals surface area (Å²) in [5, 5.41) is 344. The van der Waals surface area contributed by atoms with Gasteiger partial charge in [-0.05, 0) is 6.92 Å². The summed E-state index contributed by atoms with van der Waals surface area (Å²) < 4.78 is 124. The summed E-state index contributed by atoms with van der Waals surface area (Å²) in [5.41, 5.74) is 0. The van der Waals surface area contributed by atoms with Crippen LogP contribution in [0.25, 0.3) is 0 Å². The smallest absolute Gasteiger partial charge is 0.217 e. The third kappa shape index (κ3) is 23.9. The molecule has 0 saturated carbocycles. The predicted molar refractivity (Wildman–Crippen MR) is 407 cm³/mol. The molecule has 770 valence electrons. The molecule has 34 N–H and O–H groups in total. The molecule has 55 atom stereocenters. The van der Waals surface area contributed by atoms with Crippen molar-refractivity contribution in [3.05, 3.63) is 0 Å². The largest absolute Gasteiger partial charge is 0.394 e. The summed E-state index contributed by atoms with van der Waals surface area (Å²) in [5.74, 6) is -3.95. The highest BCUT2D eigenvalue weighted by Crippen LogP contribution is 2.42. The van der Waals surface area contributed by atoms with Crippen LogP contribution in [0.3, 0.4) is 0 Å². The zero-order valence-electron chi connectivity index (χ0n) is 71.4. The van der Waals surface area contributed by atoms with Crippen LogP contribution < -0.4 is 21.3 Å². The third-order valence-electron chi connectivity index (χ3n) is 24.5. The minimum absolute atomic E-state index is 0.883. The van der Waals surface area contributed by atoms with Crippen molar-refractivity contribution >= 4 is 23.6 Å². The van der Waals surface area contributed by atoms with Crippen molar-refractivity contribution in [2.45, 2.75) is 372 Å². The van der Waals surface area contributed by atoms with E-state index in [1.165, 1.54) is 6.92 Å². The van der Waals surface area contributed by atoms with Gasteiger partial charge in [0.25, 0.3) is 0 Å². The first-order valence-corrected chi connectivity index (χ1v) is 42.5. The summed E-state index contributed by atoms with van der Waals surface area (Å²) in [6, 6.07) is -7.98. The molecule has 11 saturated heterocycles. The Bertz CT molecular complexity index is 3630. The lowest BCUT2D eigenvalue weighted by atomic mass is 9.93. The Morgan fingerprint density at radius 3 is 0.789 bits per heavy atom. The van der Waals surface area contributed by atoms with Crippen LogP contribution in [-0.4, -0.2) is 580 Å². The number of hydrogen-bond acceptors (Lipinski definition) is 55. The number of nitrogens with one attached hydrogen (secondary N) is 4. The van der Waals surface area contributed by atoms with Gasteiger partial charge in [0.15, 0.2) is 69.2 Å². The molecule has 0 aromatic rings. The highest BCUT2D eigenvalue weighted by atomic mass is 16.8. The van der Waals surface area contributed by atoms with E-state index >= 15 is 0 Å². The van der Waals surface area contributed by atoms with Gasteiger partial charge in [-0.25, -0.2) is 0 Å². The molecule has 0 bridgehead atoms. The van der Waals surface area contributed by atoms with Crippen molar-refractivity contribution in [1.82, 2.24) is 21.3 Å². The molecule has 0 aromatic carbocycles. The lowest BCUT2D eigenvalue weighted by molar-refractivity contribution is -0.394. The van der Waals surface area contributed by atoms with Gasteiger partial charge in [0.1, 0.15) is 262 Å². The molecule has 0 unspecified atom stereocenters. The van der Waals surface area contributed by atoms with Gasteiger partial charge >= 0.3 is 0 Å². The first kappa shape index (κ1) is 109. The fraction of sp³-hybridized carbons (Fsp3) is 0.946. The molecule has 11 heterocycles. The third-order valence-corrected chi connectivity index (χ3v) is 24.5. The second kappa shape index (κ2) is 47.6. The first-order chi connectivity index (χ1) is 62.9. The molecule has 11 rings (SSSR count). The van der Waals surface area contributed by atoms with Gasteiger partial charge < -0.3 is 274 Å². The number of carbonyl (C=O) groups excluding carboxylic acids is 4. The van der Waals surface area contributed by atoms with Gasteiger partial charge in [0.05, 0.1) is 72.2 Å². The minimum Gasteiger partial charge on any atom is -0.394 e. The molecule has 0 aromatic heterocycles. The number of aliphatic hydroxyl groups excluding tert-OH is 30. The van der Waals surface area contributed by atoms with E-state index in [-0.39, 0.29) is 0 Å². The Morgan fingerprint density at radius 2 is 0.444 bits per heavy atom. The lowest BCUT2D eigenvalue weighted by Gasteiger charge is -2.51. The van der Waals surface area contributed by atoms with Gasteiger partial charge in [-0.3, -0.25) is 19.2 Å². The van der Waals surface area contributed by atoms with E-state index in [4.69, 9.17) is 99.5 Å². The molecular formula is C74H124N4O55. The zero-order valence-corrected chi connectivity index (χ0v) is 71.4. The van der Waals surface area contributed by atoms with Crippen LogP contribution in [0.2, 0.25) is 0 Å². The molecule has 11 aliphatic heterocycles. The molecule has 0 aliphatic carbocycles. The quantitative estimate of drug-likeness (QED) is 0.0284. The van der Waals surface area contributed by atoms with Gasteiger partial charge in [0, 0.05) is 27.7 Å². The number of amides is 4. The molecule has 133 heavy (non-hydrogen) atoms. The molecule has 59 nitrogen and oxygen atoms in total. The van der Waals surface area contributed by atoms with Crippen LogP contribution in [0.5, 0.6) is 0 Å². The van der Waals surface area contributed by atoms with E-state index in [1.807, 2.05) is 0 Å². The minimum atomic E-state index is -2.58. The van der Waals surface area contributed by atoms with Crippen LogP contribution in [0.4, 0.5) is 0 Å². The lowest BCUT2D eigenvalue weighted by Crippen LogP contribution is -2.71. The maximum atomic E-state index is 13.3. The van der Waals surface area contributed by atoms with Crippen LogP contribution in [0, 0.1) is 0 Å². The SMILES string of the molecule is CC(=O)N[C@H]1[C@H](OC[C@H]2O[C@@H](O[C@H]3[C@H](O)[C@@H](NC(C)=O)[C@H](O[C@H]4[C@@H](O)[C@@H](CO)O[C@@H](O[C@H]5[C@H](O)[C@@H](NC(C)=O)[C@H](O[C@H]6[C@@H](O)[C@@H](CO)O[C@@H](O[C@H]7[C@H](O)[C@@H](O)[C@H](O)O[C@@H]7CO)[C@@H]6O)O[C@@H]5CO)[C@@H]4O)O[C@@H]3CO)[C@H](O)[C@@H](O[C@@H]3O[C@H](CO)[C@@H](O[C@@H]4O[C@H](CO)[C@H](O)[C@H](O)[C@H]4O[C@@H]4O[C@@H](C)[C@@H](O)[C@@H](O)[C@@H]4O)[C@H](O)[C@H]3NC(C)=O)[C@H]2O)O[C@H](CO)[C@@H](O[C@@H]2O[C@H](CO)[C@H](O)[C@H](O)[C@H]2O)[C@@H]1O. The van der Waals surface area contributed by atoms with Crippen molar-refractivity contribution in [1.29, 1.82) is 0 Å². The number of carbonyl (C=O) groups is 4. The molecule has 59 heteroatoms. The molecule has 11 fully saturated rings. The second-order valence-corrected chi connectivity index (χ2v) is 33.8. The highest BCUT2D eigenvalue weighted by molar-refractivity contribution is 5.74. The average molecular weight is 1950 g/mol. The second-order valence-electron chi connectivity index (χ2n) is 33.8. The number of rotatable bonds is 34. The Labute approximate surface area is 752 Å². The van der Waals surface area contributed by atoms with Crippen molar-refractivity contribution in [3.8, 4) is 0 Å². The van der Waals surface area contributed by atoms with E-state index in [0.717, 1.165) is 27.7 Å². The summed E-state index contributed by atoms with van der Waals surface area (Å²) in [6.45, 7) is -6.32. The Hall–Kier alpha value is -4.16. The molecule has 4 amide bonds. The van der Waals surface area contributed by atoms with Crippen molar-refractivity contribution in [2.24, 2.45) is 0 Å². The summed E-state index contributed by atoms with van der Waals surface area (Å²) in [6.07, 6.45) is -106. The van der Waals surface area contributed by atoms with E-state index < -0.39 is 427 Å². The summed E-state index contributed by atoms with van der Waals surface area (Å²) in [4.78, 5) is 52.5. The maximum absolute atomic E-state index is 13.3. The zero-order chi connectivity index (χ0) is 97.8. The monoisotopic (exact) mass is 1950 g/mol. The van der Waals surface area contributed by atoms with E-state index in [1.54, 1.807) is 0 Å². The Morgan fingerprint density at radius 1 is 0.211 bits per heavy atom. The molecule has 11 aliphatic rings. The molecule has 0 spiro atoms. The Kier molecular flexibility index (Phi) is 39.1. The van der Waals surface area contributed by atoms with Crippen molar-refractivity contribution in [2.75, 3.05) is 66.1 Å². The van der Waals surface area contributed by atoms with Crippen LogP contribution in [0.1, 0.15) is 34.6 Å². The summed E-state index contributed by atoms with van der Waals surface area (Å²) >= 11 is 0. The number of aliphatic hydroxyl groups is 30. The number of ether oxygens (including phenoxy) is 21. The van der Waals surface area contributed by atoms with Gasteiger partial charge in [-0.2, -0.15) is 0 Å². The Balaban J connectivity index is 0.862. The first-order valence-electron chi connectivity index (χ1n) is 42.5. The van der Waals surface area contributed by atoms with Gasteiger partial charge in [-0.15, -0.1) is 0 Å². The van der Waals surface area contributed by atoms with Crippen LogP contribution in [-0.2, 0) is 119 Å². The predicted octanol–water partition coefficient (Wildman–Crippen LogP) is -23.4. The van der Waals surface area contributed by atoms with Crippen molar-refractivity contribution in [3.63, 3.8) is 0 Å². The standard InChI is InChI=1S/C74H124N4O55/c1-16-35(92)45(102)50(107)69(114-16)133-63-47(104)37(94)22(7-80)119-74(63)129-58-29(14-87)123-68(34(44(58)101)78-20(5)91)132-62-40(97)30(15-113-65-31(75-17(2)88)41(98)55(26(11-84)120-65)125-70-51(108)46(103)36(93)21(6-79)116-70)124-73(54(62)111)127-57-28(13-86)122-67(33(43(57)100)77-19(4)90)130-60-38(95)23(8-81)117-71(52(60)109)126-56-27(12-85)121-66(32(42(56)99)76-18(3)89)131-61-39(96)24(9-82)118-72(53(61)110)128-59-25(10-83)115-64(112)49(106)48(59)105/h16,21-74,79-87,92-112H,6-15H2,1-5H3,(H,75,88)(H,76,89)(H,77,90)(H,78,91)/t16-,21+,22+,23+,24+,25+,26+,27+,28+,29+,30+,31+,32+,33+,34+,35+,36-,37-,38-,39-,40-,41+,42+,43+,44+,45+,46-,47-,48+,49+,50-,51+,52+,53+,54+,55+,56+,57+,58+,59+,60-,61-,62-,63+,64+,65+,66-,67-,68-,69-,70-,71-,72-,73-,74-/m0/s1. The highest BCUT2D eigenvalue weighted by Gasteiger charge is 2.63. The fourth-order valence-electron chi connectivity index (χ4n) is 17.4. The van der Waals surface area contributed by atoms with E-state index in [9.17, 15) is 172 Å². The number of hydrogen-bond donors (Lipinski definition) is 34. The van der Waals surface area contributed by atoms with Crippen LogP contribution in [0.15, 0.2) is 0 Å². The maximum Gasteiger partial charge on any atom is 0.217 e. The molecular weight excluding hydrogens is 1820 g/mol. The topological polar surface area (TPSA) is 917 Å². The van der Waals surface area contributed by atoms with Gasteiger partial charge in [0.2, 0.25) is 23.6 Å². The average Bonchev–Trinajstić information content (AvgIpc) is 0.766. The van der Waals surface area contributed by atoms with Gasteiger partial charge in [-0.1, -0.05) is 0 Å². The summed E-state index contributed by atoms with van der Waals surface area (Å²) in [7, 11) is 0. The van der Waals surface area contributed by atoms with E-state index in [0.29, 0.717) is 0 Å². The van der Waals surface area contributed by atoms with E-state index in [2.05, 4.69) is 21.3 Å². The molecule has 0 radical (unpaired) electrons. The van der Waals surface area contributed by atoms with Crippen molar-refractivity contribution < 1.29 is 272 Å².